The van der Waals surface area contributed by atoms with Crippen molar-refractivity contribution in [1.29, 1.82) is 0 Å². The fourth-order valence-electron chi connectivity index (χ4n) is 4.18. The van der Waals surface area contributed by atoms with Gasteiger partial charge in [0.25, 0.3) is 0 Å². The van der Waals surface area contributed by atoms with Crippen LogP contribution in [0, 0.1) is 11.8 Å². The zero-order valence-electron chi connectivity index (χ0n) is 12.8. The average molecular weight is 363 g/mol. The van der Waals surface area contributed by atoms with E-state index in [-0.39, 0.29) is 29.2 Å². The number of anilines is 1. The molecule has 1 saturated carbocycles. The first-order chi connectivity index (χ1) is 11.5. The highest BCUT2D eigenvalue weighted by atomic mass is 35.5. The molecule has 1 unspecified atom stereocenters. The van der Waals surface area contributed by atoms with E-state index in [1.165, 1.54) is 0 Å². The molecule has 4 nitrogen and oxygen atoms in total. The molecule has 2 aromatic rings. The average Bonchev–Trinajstić information content (AvgIpc) is 2.86. The van der Waals surface area contributed by atoms with Crippen molar-refractivity contribution in [3.05, 3.63) is 62.0 Å². The Labute approximate surface area is 149 Å². The monoisotopic (exact) mass is 362 g/mol. The van der Waals surface area contributed by atoms with E-state index < -0.39 is 0 Å². The van der Waals surface area contributed by atoms with Crippen LogP contribution in [0.1, 0.15) is 29.9 Å². The van der Waals surface area contributed by atoms with Gasteiger partial charge in [-0.1, -0.05) is 23.2 Å². The fourth-order valence-corrected chi connectivity index (χ4v) is 4.48. The van der Waals surface area contributed by atoms with E-state index in [0.717, 1.165) is 30.4 Å². The molecule has 4 rings (SSSR count). The molecule has 6 heteroatoms. The van der Waals surface area contributed by atoms with Gasteiger partial charge in [0, 0.05) is 23.9 Å². The molecule has 0 spiro atoms. The maximum absolute atomic E-state index is 12.8. The van der Waals surface area contributed by atoms with E-state index in [1.807, 2.05) is 0 Å². The van der Waals surface area contributed by atoms with Crippen LogP contribution in [0.15, 0.2) is 35.3 Å². The SMILES string of the molecule is O=C(Nc1ccc(Cl)c(Cl)c1)C1[C@H]2CC[C@H]1c1c[nH]c(=O)cc1C2. The summed E-state index contributed by atoms with van der Waals surface area (Å²) >= 11 is 11.9. The van der Waals surface area contributed by atoms with Gasteiger partial charge in [0.15, 0.2) is 0 Å². The molecule has 1 heterocycles. The third-order valence-electron chi connectivity index (χ3n) is 5.21. The Kier molecular flexibility index (Phi) is 3.89. The second-order valence-corrected chi connectivity index (χ2v) is 7.38. The molecule has 1 fully saturated rings. The molecular weight excluding hydrogens is 347 g/mol. The van der Waals surface area contributed by atoms with Gasteiger partial charge in [-0.2, -0.15) is 0 Å². The highest BCUT2D eigenvalue weighted by Gasteiger charge is 2.45. The van der Waals surface area contributed by atoms with Gasteiger partial charge < -0.3 is 10.3 Å². The molecule has 0 radical (unpaired) electrons. The lowest BCUT2D eigenvalue weighted by Gasteiger charge is -2.31. The zero-order chi connectivity index (χ0) is 16.8. The third-order valence-corrected chi connectivity index (χ3v) is 5.95. The summed E-state index contributed by atoms with van der Waals surface area (Å²) in [5.41, 5.74) is 2.77. The summed E-state index contributed by atoms with van der Waals surface area (Å²) in [6, 6.07) is 6.77. The van der Waals surface area contributed by atoms with Crippen molar-refractivity contribution in [3.63, 3.8) is 0 Å². The van der Waals surface area contributed by atoms with Crippen molar-refractivity contribution in [1.82, 2.24) is 4.98 Å². The number of pyridine rings is 1. The number of aromatic amines is 1. The Morgan fingerprint density at radius 1 is 1.17 bits per heavy atom. The molecule has 2 aliphatic rings. The maximum Gasteiger partial charge on any atom is 0.248 e. The van der Waals surface area contributed by atoms with Crippen LogP contribution < -0.4 is 10.9 Å². The van der Waals surface area contributed by atoms with Gasteiger partial charge in [0.1, 0.15) is 0 Å². The van der Waals surface area contributed by atoms with Gasteiger partial charge >= 0.3 is 0 Å². The number of fused-ring (bicyclic) bond motifs is 4. The fraction of sp³-hybridized carbons (Fsp3) is 0.333. The normalized spacial score (nSPS) is 24.5. The van der Waals surface area contributed by atoms with E-state index in [0.29, 0.717) is 15.7 Å². The van der Waals surface area contributed by atoms with Crippen LogP contribution in [-0.2, 0) is 11.2 Å². The molecular formula is C18H16Cl2N2O2. The first-order valence-electron chi connectivity index (χ1n) is 8.00. The minimum atomic E-state index is -0.0770. The summed E-state index contributed by atoms with van der Waals surface area (Å²) in [4.78, 5) is 27.1. The molecule has 2 N–H and O–H groups in total. The van der Waals surface area contributed by atoms with Crippen LogP contribution in [0.5, 0.6) is 0 Å². The summed E-state index contributed by atoms with van der Waals surface area (Å²) < 4.78 is 0. The maximum atomic E-state index is 12.8. The summed E-state index contributed by atoms with van der Waals surface area (Å²) in [6.07, 6.45) is 4.55. The lowest BCUT2D eigenvalue weighted by atomic mass is 9.75. The molecule has 1 amide bonds. The number of hydrogen-bond donors (Lipinski definition) is 2. The predicted molar refractivity (Wildman–Crippen MR) is 94.8 cm³/mol. The number of aromatic nitrogens is 1. The highest BCUT2D eigenvalue weighted by molar-refractivity contribution is 6.42. The first kappa shape index (κ1) is 15.7. The number of rotatable bonds is 2. The molecule has 2 bridgehead atoms. The molecule has 0 aliphatic heterocycles. The van der Waals surface area contributed by atoms with Crippen LogP contribution >= 0.6 is 23.2 Å². The predicted octanol–water partition coefficient (Wildman–Crippen LogP) is 3.99. The van der Waals surface area contributed by atoms with Gasteiger partial charge in [-0.3, -0.25) is 9.59 Å². The van der Waals surface area contributed by atoms with E-state index in [2.05, 4.69) is 10.3 Å². The van der Waals surface area contributed by atoms with Gasteiger partial charge in [-0.25, -0.2) is 0 Å². The molecule has 3 atom stereocenters. The lowest BCUT2D eigenvalue weighted by Crippen LogP contribution is -2.34. The minimum Gasteiger partial charge on any atom is -0.329 e. The third kappa shape index (κ3) is 2.64. The number of nitrogens with one attached hydrogen (secondary N) is 2. The summed E-state index contributed by atoms with van der Waals surface area (Å²) in [5.74, 6) is 0.390. The Morgan fingerprint density at radius 2 is 2.00 bits per heavy atom. The van der Waals surface area contributed by atoms with Crippen molar-refractivity contribution < 1.29 is 4.79 Å². The van der Waals surface area contributed by atoms with Crippen LogP contribution in [0.4, 0.5) is 5.69 Å². The van der Waals surface area contributed by atoms with E-state index in [4.69, 9.17) is 23.2 Å². The van der Waals surface area contributed by atoms with Crippen molar-refractivity contribution in [3.8, 4) is 0 Å². The number of carbonyl (C=O) groups excluding carboxylic acids is 1. The van der Waals surface area contributed by atoms with E-state index in [9.17, 15) is 9.59 Å². The van der Waals surface area contributed by atoms with Crippen LogP contribution in [0.2, 0.25) is 10.0 Å². The van der Waals surface area contributed by atoms with Crippen LogP contribution in [-0.4, -0.2) is 10.9 Å². The van der Waals surface area contributed by atoms with Gasteiger partial charge in [0.05, 0.1) is 10.0 Å². The quantitative estimate of drug-likeness (QED) is 0.848. The Morgan fingerprint density at radius 3 is 2.79 bits per heavy atom. The van der Waals surface area contributed by atoms with E-state index in [1.54, 1.807) is 30.5 Å². The van der Waals surface area contributed by atoms with Crippen LogP contribution in [0.3, 0.4) is 0 Å². The van der Waals surface area contributed by atoms with Gasteiger partial charge in [0.2, 0.25) is 11.5 Å². The number of halogens is 2. The van der Waals surface area contributed by atoms with Gasteiger partial charge in [-0.15, -0.1) is 0 Å². The summed E-state index contributed by atoms with van der Waals surface area (Å²) in [6.45, 7) is 0. The van der Waals surface area contributed by atoms with Crippen molar-refractivity contribution in [2.24, 2.45) is 11.8 Å². The smallest absolute Gasteiger partial charge is 0.248 e. The molecule has 24 heavy (non-hydrogen) atoms. The largest absolute Gasteiger partial charge is 0.329 e. The minimum absolute atomic E-state index is 0.0118. The number of amides is 1. The van der Waals surface area contributed by atoms with Crippen LogP contribution in [0.25, 0.3) is 0 Å². The lowest BCUT2D eigenvalue weighted by molar-refractivity contribution is -0.121. The Balaban J connectivity index is 1.60. The molecule has 0 saturated heterocycles. The first-order valence-corrected chi connectivity index (χ1v) is 8.76. The number of benzene rings is 1. The molecule has 2 aliphatic carbocycles. The number of H-pyrrole nitrogens is 1. The summed E-state index contributed by atoms with van der Waals surface area (Å²) in [5, 5.41) is 3.85. The van der Waals surface area contributed by atoms with Crippen molar-refractivity contribution in [2.45, 2.75) is 25.2 Å². The second kappa shape index (κ2) is 5.94. The second-order valence-electron chi connectivity index (χ2n) is 6.57. The molecule has 1 aromatic carbocycles. The van der Waals surface area contributed by atoms with Crippen molar-refractivity contribution >= 4 is 34.8 Å². The Hall–Kier alpha value is -1.78. The van der Waals surface area contributed by atoms with Crippen molar-refractivity contribution in [2.75, 3.05) is 5.32 Å². The Bertz CT molecular complexity index is 878. The standard InChI is InChI=1S/C18H16Cl2N2O2/c19-14-4-2-11(7-15(14)20)22-18(24)17-9-1-3-12(17)13-8-21-16(23)6-10(13)5-9/h2,4,6-9,12,17H,1,3,5H2,(H,21,23)(H,22,24)/t9-,12-,17?/m0/s1. The number of carbonyl (C=O) groups is 1. The topological polar surface area (TPSA) is 62.0 Å². The molecule has 124 valence electrons. The summed E-state index contributed by atoms with van der Waals surface area (Å²) in [7, 11) is 0. The number of hydrogen-bond acceptors (Lipinski definition) is 2. The molecule has 1 aromatic heterocycles. The van der Waals surface area contributed by atoms with E-state index >= 15 is 0 Å². The highest BCUT2D eigenvalue weighted by Crippen LogP contribution is 2.50. The zero-order valence-corrected chi connectivity index (χ0v) is 14.3. The van der Waals surface area contributed by atoms with Gasteiger partial charge in [-0.05, 0) is 60.4 Å².